The number of nitrogens with zero attached hydrogens (tertiary/aromatic N) is 3. The maximum atomic E-state index is 12.2. The molecule has 0 radical (unpaired) electrons. The maximum absolute atomic E-state index is 12.2. The van der Waals surface area contributed by atoms with E-state index in [-0.39, 0.29) is 0 Å². The van der Waals surface area contributed by atoms with E-state index in [2.05, 4.69) is 9.97 Å². The molecule has 4 heterocycles. The summed E-state index contributed by atoms with van der Waals surface area (Å²) >= 11 is 0. The number of primary amides is 1. The van der Waals surface area contributed by atoms with Crippen molar-refractivity contribution in [3.05, 3.63) is 78.9 Å². The number of hydrogen-bond acceptors (Lipinski definition) is 5. The van der Waals surface area contributed by atoms with E-state index in [1.807, 2.05) is 28.8 Å². The van der Waals surface area contributed by atoms with Crippen molar-refractivity contribution in [1.82, 2.24) is 14.4 Å². The molecule has 28 heavy (non-hydrogen) atoms. The number of furan rings is 1. The molecule has 0 aliphatic heterocycles. The predicted octanol–water partition coefficient (Wildman–Crippen LogP) is 4.03. The minimum atomic E-state index is -0.549. The number of ether oxygens (including phenoxy) is 1. The Balaban J connectivity index is 1.61. The van der Waals surface area contributed by atoms with Gasteiger partial charge in [0.05, 0.1) is 22.9 Å². The number of fused-ring (bicyclic) bond motifs is 2. The van der Waals surface area contributed by atoms with Gasteiger partial charge in [0, 0.05) is 24.2 Å². The highest BCUT2D eigenvalue weighted by Gasteiger charge is 2.15. The third kappa shape index (κ3) is 2.57. The van der Waals surface area contributed by atoms with Gasteiger partial charge in [0.15, 0.2) is 0 Å². The van der Waals surface area contributed by atoms with Crippen molar-refractivity contribution in [3.63, 3.8) is 0 Å². The summed E-state index contributed by atoms with van der Waals surface area (Å²) in [6.07, 6.45) is 6.72. The zero-order chi connectivity index (χ0) is 19.1. The molecule has 0 saturated carbocycles. The largest absolute Gasteiger partial charge is 0.464 e. The minimum Gasteiger partial charge on any atom is -0.464 e. The van der Waals surface area contributed by atoms with Gasteiger partial charge in [0.25, 0.3) is 0 Å². The Bertz CT molecular complexity index is 1340. The van der Waals surface area contributed by atoms with Gasteiger partial charge in [-0.05, 0) is 42.5 Å². The fourth-order valence-electron chi connectivity index (χ4n) is 3.24. The number of rotatable bonds is 4. The van der Waals surface area contributed by atoms with Gasteiger partial charge in [-0.3, -0.25) is 9.20 Å². The first-order chi connectivity index (χ1) is 13.7. The average molecular weight is 370 g/mol. The zero-order valence-electron chi connectivity index (χ0n) is 14.6. The molecule has 0 aliphatic carbocycles. The van der Waals surface area contributed by atoms with Crippen molar-refractivity contribution in [2.45, 2.75) is 0 Å². The van der Waals surface area contributed by atoms with Crippen LogP contribution in [0.25, 0.3) is 27.9 Å². The molecule has 5 aromatic rings. The first-order valence-corrected chi connectivity index (χ1v) is 8.57. The highest BCUT2D eigenvalue weighted by molar-refractivity contribution is 6.00. The van der Waals surface area contributed by atoms with Crippen LogP contribution in [0, 0.1) is 0 Å². The second-order valence-corrected chi connectivity index (χ2v) is 6.19. The lowest BCUT2D eigenvalue weighted by molar-refractivity contribution is 0.100. The molecule has 0 atom stereocenters. The number of hydrogen-bond donors (Lipinski definition) is 1. The van der Waals surface area contributed by atoms with Crippen LogP contribution in [0.1, 0.15) is 10.4 Å². The summed E-state index contributed by atoms with van der Waals surface area (Å²) in [6, 6.07) is 14.4. The monoisotopic (exact) mass is 370 g/mol. The molecule has 4 aromatic heterocycles. The number of aromatic nitrogens is 3. The molecule has 0 fully saturated rings. The quantitative estimate of drug-likeness (QED) is 0.515. The number of imidazole rings is 1. The number of nitrogens with two attached hydrogens (primary N) is 1. The Morgan fingerprint density at radius 1 is 1.07 bits per heavy atom. The van der Waals surface area contributed by atoms with Crippen molar-refractivity contribution >= 4 is 22.5 Å². The van der Waals surface area contributed by atoms with E-state index >= 15 is 0 Å². The first kappa shape index (κ1) is 16.1. The van der Waals surface area contributed by atoms with Crippen LogP contribution in [0.5, 0.6) is 11.6 Å². The molecule has 1 aromatic carbocycles. The Morgan fingerprint density at radius 2 is 2.00 bits per heavy atom. The summed E-state index contributed by atoms with van der Waals surface area (Å²) in [5.74, 6) is 0.301. The summed E-state index contributed by atoms with van der Waals surface area (Å²) in [5, 5.41) is 0.746. The van der Waals surface area contributed by atoms with Crippen molar-refractivity contribution in [2.24, 2.45) is 5.73 Å². The summed E-state index contributed by atoms with van der Waals surface area (Å²) < 4.78 is 13.2. The first-order valence-electron chi connectivity index (χ1n) is 8.57. The molecule has 0 aliphatic rings. The second-order valence-electron chi connectivity index (χ2n) is 6.19. The maximum Gasteiger partial charge on any atom is 0.249 e. The van der Waals surface area contributed by atoms with Gasteiger partial charge in [-0.2, -0.15) is 0 Å². The van der Waals surface area contributed by atoms with Gasteiger partial charge in [-0.15, -0.1) is 0 Å². The molecule has 7 heteroatoms. The number of benzene rings is 1. The molecule has 136 valence electrons. The van der Waals surface area contributed by atoms with Crippen LogP contribution in [0.15, 0.2) is 77.8 Å². The number of carbonyl (C=O) groups is 1. The van der Waals surface area contributed by atoms with Crippen LogP contribution in [0.4, 0.5) is 0 Å². The van der Waals surface area contributed by atoms with Gasteiger partial charge in [0.2, 0.25) is 11.8 Å². The molecule has 0 bridgehead atoms. The average Bonchev–Trinajstić information content (AvgIpc) is 3.37. The van der Waals surface area contributed by atoms with Crippen molar-refractivity contribution in [2.75, 3.05) is 0 Å². The van der Waals surface area contributed by atoms with E-state index in [9.17, 15) is 4.79 Å². The Morgan fingerprint density at radius 3 is 2.89 bits per heavy atom. The van der Waals surface area contributed by atoms with Gasteiger partial charge >= 0.3 is 0 Å². The van der Waals surface area contributed by atoms with E-state index < -0.39 is 5.91 Å². The van der Waals surface area contributed by atoms with Gasteiger partial charge in [-0.1, -0.05) is 6.07 Å². The lowest BCUT2D eigenvalue weighted by Crippen LogP contribution is -2.13. The van der Waals surface area contributed by atoms with Gasteiger partial charge in [0.1, 0.15) is 17.0 Å². The number of carbonyl (C=O) groups excluding carboxylic acids is 1. The fourth-order valence-corrected chi connectivity index (χ4v) is 3.24. The minimum absolute atomic E-state index is 0.345. The molecule has 0 unspecified atom stereocenters. The molecule has 1 amide bonds. The Labute approximate surface area is 159 Å². The third-order valence-corrected chi connectivity index (χ3v) is 4.52. The second kappa shape index (κ2) is 6.24. The summed E-state index contributed by atoms with van der Waals surface area (Å²) in [5.41, 5.74) is 8.96. The van der Waals surface area contributed by atoms with E-state index in [1.54, 1.807) is 49.0 Å². The predicted molar refractivity (Wildman–Crippen MR) is 103 cm³/mol. The summed E-state index contributed by atoms with van der Waals surface area (Å²) in [7, 11) is 0. The molecular weight excluding hydrogens is 356 g/mol. The molecular formula is C21H14N4O3. The van der Waals surface area contributed by atoms with E-state index in [0.717, 1.165) is 16.7 Å². The number of pyridine rings is 2. The van der Waals surface area contributed by atoms with Crippen molar-refractivity contribution in [3.8, 4) is 22.9 Å². The van der Waals surface area contributed by atoms with E-state index in [1.165, 1.54) is 0 Å². The van der Waals surface area contributed by atoms with Crippen LogP contribution < -0.4 is 10.5 Å². The lowest BCUT2D eigenvalue weighted by Gasteiger charge is -2.12. The van der Waals surface area contributed by atoms with Crippen LogP contribution in [-0.2, 0) is 0 Å². The Hall–Kier alpha value is -4.13. The van der Waals surface area contributed by atoms with E-state index in [4.69, 9.17) is 14.9 Å². The zero-order valence-corrected chi connectivity index (χ0v) is 14.6. The highest BCUT2D eigenvalue weighted by atomic mass is 16.5. The molecule has 5 rings (SSSR count). The van der Waals surface area contributed by atoms with E-state index in [0.29, 0.717) is 28.3 Å². The SMILES string of the molecule is NC(=O)c1cc(Oc2nccc3occc23)ccc1-c1cccc2nccn12. The molecule has 7 nitrogen and oxygen atoms in total. The number of amides is 1. The van der Waals surface area contributed by atoms with Gasteiger partial charge in [-0.25, -0.2) is 9.97 Å². The summed E-state index contributed by atoms with van der Waals surface area (Å²) in [4.78, 5) is 20.7. The van der Waals surface area contributed by atoms with Crippen LogP contribution in [0.2, 0.25) is 0 Å². The van der Waals surface area contributed by atoms with Crippen molar-refractivity contribution < 1.29 is 13.9 Å². The van der Waals surface area contributed by atoms with Crippen LogP contribution in [0.3, 0.4) is 0 Å². The summed E-state index contributed by atoms with van der Waals surface area (Å²) in [6.45, 7) is 0. The molecule has 0 spiro atoms. The fraction of sp³-hybridized carbons (Fsp3) is 0. The smallest absolute Gasteiger partial charge is 0.249 e. The molecule has 2 N–H and O–H groups in total. The normalized spacial score (nSPS) is 11.1. The van der Waals surface area contributed by atoms with Crippen molar-refractivity contribution in [1.29, 1.82) is 0 Å². The topological polar surface area (TPSA) is 95.7 Å². The van der Waals surface area contributed by atoms with Gasteiger partial charge < -0.3 is 14.9 Å². The third-order valence-electron chi connectivity index (χ3n) is 4.52. The highest BCUT2D eigenvalue weighted by Crippen LogP contribution is 2.32. The van der Waals surface area contributed by atoms with Crippen LogP contribution in [-0.4, -0.2) is 20.3 Å². The standard InChI is InChI=1S/C21H14N4O3/c22-20(26)16-12-13(28-21-15-7-11-27-18(15)6-8-24-21)4-5-14(16)17-2-1-3-19-23-9-10-25(17)19/h1-12H,(H2,22,26). The Kier molecular flexibility index (Phi) is 3.58. The van der Waals surface area contributed by atoms with Crippen LogP contribution >= 0.6 is 0 Å². The lowest BCUT2D eigenvalue weighted by atomic mass is 10.0. The molecule has 0 saturated heterocycles.